The van der Waals surface area contributed by atoms with Crippen molar-refractivity contribution in [2.75, 3.05) is 26.2 Å². The van der Waals surface area contributed by atoms with Crippen molar-refractivity contribution in [2.45, 2.75) is 72.3 Å². The molecule has 2 nitrogen and oxygen atoms in total. The molecule has 0 amide bonds. The molecule has 1 N–H and O–H groups in total. The van der Waals surface area contributed by atoms with Gasteiger partial charge in [-0.15, -0.1) is 0 Å². The highest BCUT2D eigenvalue weighted by atomic mass is 15.1. The summed E-state index contributed by atoms with van der Waals surface area (Å²) in [6.45, 7) is 16.6. The van der Waals surface area contributed by atoms with Crippen LogP contribution in [0.4, 0.5) is 0 Å². The van der Waals surface area contributed by atoms with E-state index in [0.717, 1.165) is 6.54 Å². The monoisotopic (exact) mass is 254 g/mol. The van der Waals surface area contributed by atoms with Crippen LogP contribution in [0.5, 0.6) is 0 Å². The Bertz CT molecular complexity index is 226. The molecule has 1 fully saturated rings. The van der Waals surface area contributed by atoms with Gasteiger partial charge in [0.1, 0.15) is 0 Å². The largest absolute Gasteiger partial charge is 0.311 e. The molecule has 0 aromatic rings. The van der Waals surface area contributed by atoms with E-state index in [-0.39, 0.29) is 5.54 Å². The predicted molar refractivity (Wildman–Crippen MR) is 81.1 cm³/mol. The van der Waals surface area contributed by atoms with E-state index in [1.54, 1.807) is 0 Å². The van der Waals surface area contributed by atoms with E-state index < -0.39 is 0 Å². The maximum Gasteiger partial charge on any atom is 0.00967 e. The SMILES string of the molecule is CCCC(C)(CNC(C)(C)C)CN1CCCCC1. The highest BCUT2D eigenvalue weighted by Gasteiger charge is 2.28. The molecule has 2 heteroatoms. The van der Waals surface area contributed by atoms with Gasteiger partial charge in [-0.25, -0.2) is 0 Å². The quantitative estimate of drug-likeness (QED) is 0.778. The third kappa shape index (κ3) is 6.19. The number of hydrogen-bond acceptors (Lipinski definition) is 2. The Hall–Kier alpha value is -0.0800. The summed E-state index contributed by atoms with van der Waals surface area (Å²) >= 11 is 0. The Kier molecular flexibility index (Phi) is 6.13. The number of piperidine rings is 1. The van der Waals surface area contributed by atoms with Gasteiger partial charge in [-0.1, -0.05) is 26.7 Å². The van der Waals surface area contributed by atoms with Crippen molar-refractivity contribution < 1.29 is 0 Å². The van der Waals surface area contributed by atoms with Crippen LogP contribution in [0, 0.1) is 5.41 Å². The molecule has 1 atom stereocenters. The molecular formula is C16H34N2. The molecule has 0 spiro atoms. The number of likely N-dealkylation sites (tertiary alicyclic amines) is 1. The highest BCUT2D eigenvalue weighted by Crippen LogP contribution is 2.26. The first-order chi connectivity index (χ1) is 8.35. The van der Waals surface area contributed by atoms with Crippen molar-refractivity contribution in [1.82, 2.24) is 10.2 Å². The minimum absolute atomic E-state index is 0.233. The van der Waals surface area contributed by atoms with E-state index in [4.69, 9.17) is 0 Å². The second kappa shape index (κ2) is 6.91. The van der Waals surface area contributed by atoms with Gasteiger partial charge in [-0.05, 0) is 58.5 Å². The molecule has 1 saturated heterocycles. The Morgan fingerprint density at radius 1 is 1.00 bits per heavy atom. The lowest BCUT2D eigenvalue weighted by molar-refractivity contribution is 0.123. The smallest absolute Gasteiger partial charge is 0.00967 e. The molecule has 1 heterocycles. The van der Waals surface area contributed by atoms with E-state index >= 15 is 0 Å². The molecular weight excluding hydrogens is 220 g/mol. The van der Waals surface area contributed by atoms with Crippen LogP contribution in [0.1, 0.15) is 66.7 Å². The third-order valence-electron chi connectivity index (χ3n) is 3.95. The highest BCUT2D eigenvalue weighted by molar-refractivity contribution is 4.84. The van der Waals surface area contributed by atoms with Gasteiger partial charge >= 0.3 is 0 Å². The lowest BCUT2D eigenvalue weighted by Gasteiger charge is -2.39. The first-order valence-electron chi connectivity index (χ1n) is 7.82. The van der Waals surface area contributed by atoms with Crippen LogP contribution >= 0.6 is 0 Å². The number of hydrogen-bond donors (Lipinski definition) is 1. The zero-order valence-electron chi connectivity index (χ0n) is 13.3. The molecule has 0 radical (unpaired) electrons. The second-order valence-corrected chi connectivity index (χ2v) is 7.50. The van der Waals surface area contributed by atoms with Gasteiger partial charge in [0.2, 0.25) is 0 Å². The van der Waals surface area contributed by atoms with Crippen LogP contribution in [0.25, 0.3) is 0 Å². The number of nitrogens with one attached hydrogen (secondary N) is 1. The molecule has 1 unspecified atom stereocenters. The molecule has 1 aliphatic rings. The molecule has 0 saturated carbocycles. The van der Waals surface area contributed by atoms with Gasteiger partial charge in [-0.3, -0.25) is 0 Å². The van der Waals surface area contributed by atoms with Gasteiger partial charge in [0.05, 0.1) is 0 Å². The first-order valence-corrected chi connectivity index (χ1v) is 7.82. The van der Waals surface area contributed by atoms with Crippen LogP contribution in [0.3, 0.4) is 0 Å². The lowest BCUT2D eigenvalue weighted by atomic mass is 9.83. The molecule has 1 aliphatic heterocycles. The normalized spacial score (nSPS) is 21.8. The molecule has 0 aromatic carbocycles. The fraction of sp³-hybridized carbons (Fsp3) is 1.00. The Morgan fingerprint density at radius 3 is 2.11 bits per heavy atom. The Labute approximate surface area is 115 Å². The second-order valence-electron chi connectivity index (χ2n) is 7.50. The fourth-order valence-electron chi connectivity index (χ4n) is 2.96. The fourth-order valence-corrected chi connectivity index (χ4v) is 2.96. The summed E-state index contributed by atoms with van der Waals surface area (Å²) in [5, 5.41) is 3.71. The summed E-state index contributed by atoms with van der Waals surface area (Å²) in [6, 6.07) is 0. The summed E-state index contributed by atoms with van der Waals surface area (Å²) in [5.74, 6) is 0. The molecule has 0 aromatic heterocycles. The first kappa shape index (κ1) is 16.0. The summed E-state index contributed by atoms with van der Waals surface area (Å²) < 4.78 is 0. The maximum absolute atomic E-state index is 3.71. The predicted octanol–water partition coefficient (Wildman–Crippen LogP) is 3.67. The zero-order chi connectivity index (χ0) is 13.6. The van der Waals surface area contributed by atoms with Gasteiger partial charge in [0, 0.05) is 18.6 Å². The van der Waals surface area contributed by atoms with Crippen LogP contribution < -0.4 is 5.32 Å². The average molecular weight is 254 g/mol. The third-order valence-corrected chi connectivity index (χ3v) is 3.95. The van der Waals surface area contributed by atoms with Gasteiger partial charge in [0.25, 0.3) is 0 Å². The zero-order valence-corrected chi connectivity index (χ0v) is 13.3. The van der Waals surface area contributed by atoms with Gasteiger partial charge in [-0.2, -0.15) is 0 Å². The summed E-state index contributed by atoms with van der Waals surface area (Å²) in [5.41, 5.74) is 0.663. The Balaban J connectivity index is 2.49. The topological polar surface area (TPSA) is 15.3 Å². The number of nitrogens with zero attached hydrogens (tertiary/aromatic N) is 1. The average Bonchev–Trinajstić information content (AvgIpc) is 2.27. The minimum atomic E-state index is 0.233. The van der Waals surface area contributed by atoms with Crippen LogP contribution in [-0.2, 0) is 0 Å². The van der Waals surface area contributed by atoms with Crippen molar-refractivity contribution >= 4 is 0 Å². The van der Waals surface area contributed by atoms with Crippen LogP contribution in [0.15, 0.2) is 0 Å². The minimum Gasteiger partial charge on any atom is -0.311 e. The molecule has 1 rings (SSSR count). The summed E-state index contributed by atoms with van der Waals surface area (Å²) in [7, 11) is 0. The summed E-state index contributed by atoms with van der Waals surface area (Å²) in [4.78, 5) is 2.68. The molecule has 18 heavy (non-hydrogen) atoms. The van der Waals surface area contributed by atoms with E-state index in [2.05, 4.69) is 44.8 Å². The standard InChI is InChI=1S/C16H34N2/c1-6-10-16(5,13-17-15(2,3)4)14-18-11-8-7-9-12-18/h17H,6-14H2,1-5H3. The van der Waals surface area contributed by atoms with E-state index in [1.807, 2.05) is 0 Å². The van der Waals surface area contributed by atoms with Crippen LogP contribution in [-0.4, -0.2) is 36.6 Å². The van der Waals surface area contributed by atoms with Crippen molar-refractivity contribution in [3.05, 3.63) is 0 Å². The summed E-state index contributed by atoms with van der Waals surface area (Å²) in [6.07, 6.45) is 6.84. The molecule has 108 valence electrons. The Morgan fingerprint density at radius 2 is 1.61 bits per heavy atom. The van der Waals surface area contributed by atoms with Gasteiger partial charge < -0.3 is 10.2 Å². The molecule has 0 aliphatic carbocycles. The van der Waals surface area contributed by atoms with E-state index in [1.165, 1.54) is 51.7 Å². The van der Waals surface area contributed by atoms with Gasteiger partial charge in [0.15, 0.2) is 0 Å². The van der Waals surface area contributed by atoms with E-state index in [9.17, 15) is 0 Å². The van der Waals surface area contributed by atoms with Crippen molar-refractivity contribution in [1.29, 1.82) is 0 Å². The molecule has 0 bridgehead atoms. The van der Waals surface area contributed by atoms with Crippen LogP contribution in [0.2, 0.25) is 0 Å². The number of rotatable bonds is 6. The van der Waals surface area contributed by atoms with Crippen molar-refractivity contribution in [2.24, 2.45) is 5.41 Å². The lowest BCUT2D eigenvalue weighted by Crippen LogP contribution is -2.48. The van der Waals surface area contributed by atoms with E-state index in [0.29, 0.717) is 5.41 Å². The van der Waals surface area contributed by atoms with Crippen molar-refractivity contribution in [3.8, 4) is 0 Å². The van der Waals surface area contributed by atoms with Crippen molar-refractivity contribution in [3.63, 3.8) is 0 Å². The maximum atomic E-state index is 3.71.